The summed E-state index contributed by atoms with van der Waals surface area (Å²) >= 11 is 1.47. The number of anilines is 3. The van der Waals surface area contributed by atoms with Crippen molar-refractivity contribution in [1.29, 1.82) is 0 Å². The quantitative estimate of drug-likeness (QED) is 0.573. The molecule has 2 aromatic heterocycles. The number of nitrogens with zero attached hydrogens (tertiary/aromatic N) is 4. The van der Waals surface area contributed by atoms with Gasteiger partial charge in [0.1, 0.15) is 10.7 Å². The Balaban J connectivity index is 1.32. The fraction of sp³-hybridized carbons (Fsp3) is 0.500. The molecule has 9 heteroatoms. The van der Waals surface area contributed by atoms with Crippen molar-refractivity contribution in [3.63, 3.8) is 0 Å². The van der Waals surface area contributed by atoms with Crippen molar-refractivity contribution < 1.29 is 14.3 Å². The second kappa shape index (κ2) is 9.37. The molecule has 0 atom stereocenters. The van der Waals surface area contributed by atoms with Crippen molar-refractivity contribution in [3.8, 4) is 0 Å². The number of benzene rings is 1. The predicted molar refractivity (Wildman–Crippen MR) is 139 cm³/mol. The molecule has 0 unspecified atom stereocenters. The number of carbonyl (C=O) groups excluding carboxylic acids is 1. The van der Waals surface area contributed by atoms with Crippen LogP contribution >= 0.6 is 11.3 Å². The van der Waals surface area contributed by atoms with Gasteiger partial charge in [-0.1, -0.05) is 0 Å². The van der Waals surface area contributed by atoms with E-state index in [1.54, 1.807) is 0 Å². The molecule has 184 valence electrons. The SMILES string of the molecule is Cc1nc(C2CC2)nc2sc(C(=O)Nc3ccc(N4CCOCC4)cc3N3CCOCC3)c(C)c12. The number of nitrogens with one attached hydrogen (secondary N) is 1. The highest BCUT2D eigenvalue weighted by atomic mass is 32.1. The van der Waals surface area contributed by atoms with Crippen molar-refractivity contribution in [1.82, 2.24) is 9.97 Å². The van der Waals surface area contributed by atoms with Crippen molar-refractivity contribution in [3.05, 3.63) is 40.2 Å². The molecule has 1 amide bonds. The first-order chi connectivity index (χ1) is 17.1. The van der Waals surface area contributed by atoms with Crippen LogP contribution in [0.5, 0.6) is 0 Å². The molecule has 1 aliphatic carbocycles. The second-order valence-electron chi connectivity index (χ2n) is 9.53. The fourth-order valence-corrected chi connectivity index (χ4v) is 6.12. The van der Waals surface area contributed by atoms with E-state index in [2.05, 4.69) is 27.2 Å². The smallest absolute Gasteiger partial charge is 0.266 e. The molecular weight excluding hydrogens is 462 g/mol. The van der Waals surface area contributed by atoms with Crippen LogP contribution in [0, 0.1) is 13.8 Å². The molecule has 0 radical (unpaired) electrons. The zero-order chi connectivity index (χ0) is 23.9. The van der Waals surface area contributed by atoms with E-state index < -0.39 is 0 Å². The van der Waals surface area contributed by atoms with Crippen LogP contribution in [0.1, 0.15) is 45.5 Å². The number of rotatable bonds is 5. The third kappa shape index (κ3) is 4.48. The predicted octanol–water partition coefficient (Wildman–Crippen LogP) is 4.11. The van der Waals surface area contributed by atoms with E-state index in [4.69, 9.17) is 19.4 Å². The average Bonchev–Trinajstić information content (AvgIpc) is 3.68. The number of fused-ring (bicyclic) bond motifs is 1. The molecular formula is C26H31N5O3S. The van der Waals surface area contributed by atoms with Crippen molar-refractivity contribution >= 4 is 44.5 Å². The maximum Gasteiger partial charge on any atom is 0.266 e. The monoisotopic (exact) mass is 493 g/mol. The van der Waals surface area contributed by atoms with Gasteiger partial charge in [0, 0.05) is 43.2 Å². The van der Waals surface area contributed by atoms with Gasteiger partial charge in [-0.25, -0.2) is 9.97 Å². The average molecular weight is 494 g/mol. The van der Waals surface area contributed by atoms with Crippen LogP contribution in [0.25, 0.3) is 10.2 Å². The molecule has 1 N–H and O–H groups in total. The largest absolute Gasteiger partial charge is 0.378 e. The summed E-state index contributed by atoms with van der Waals surface area (Å²) in [7, 11) is 0. The van der Waals surface area contributed by atoms with Crippen LogP contribution in [0.4, 0.5) is 17.1 Å². The standard InChI is InChI=1S/C26H31N5O3S/c1-16-22-17(2)27-24(18-3-4-18)29-26(22)35-23(16)25(32)28-20-6-5-19(30-7-11-33-12-8-30)15-21(20)31-9-13-34-14-10-31/h5-6,15,18H,3-4,7-14H2,1-2H3,(H,28,32). The molecule has 35 heavy (non-hydrogen) atoms. The van der Waals surface area contributed by atoms with Crippen molar-refractivity contribution in [2.24, 2.45) is 0 Å². The maximum atomic E-state index is 13.5. The lowest BCUT2D eigenvalue weighted by molar-refractivity contribution is 0.103. The first kappa shape index (κ1) is 22.7. The van der Waals surface area contributed by atoms with Crippen LogP contribution in [-0.4, -0.2) is 68.5 Å². The number of hydrogen-bond acceptors (Lipinski definition) is 8. The van der Waals surface area contributed by atoms with E-state index in [0.29, 0.717) is 24.0 Å². The van der Waals surface area contributed by atoms with Gasteiger partial charge in [-0.2, -0.15) is 0 Å². The summed E-state index contributed by atoms with van der Waals surface area (Å²) in [4.78, 5) is 29.4. The summed E-state index contributed by atoms with van der Waals surface area (Å²) in [6.07, 6.45) is 2.32. The van der Waals surface area contributed by atoms with Gasteiger partial charge in [0.15, 0.2) is 0 Å². The lowest BCUT2D eigenvalue weighted by Crippen LogP contribution is -2.38. The normalized spacial score (nSPS) is 18.8. The number of morpholine rings is 2. The zero-order valence-electron chi connectivity index (χ0n) is 20.3. The number of thiophene rings is 1. The number of ether oxygens (including phenoxy) is 2. The minimum absolute atomic E-state index is 0.0912. The highest BCUT2D eigenvalue weighted by molar-refractivity contribution is 7.20. The summed E-state index contributed by atoms with van der Waals surface area (Å²) < 4.78 is 11.1. The first-order valence-electron chi connectivity index (χ1n) is 12.5. The zero-order valence-corrected chi connectivity index (χ0v) is 21.1. The molecule has 0 bridgehead atoms. The fourth-order valence-electron chi connectivity index (χ4n) is 4.99. The van der Waals surface area contributed by atoms with Gasteiger partial charge in [0.25, 0.3) is 5.91 Å². The third-order valence-corrected chi connectivity index (χ3v) is 8.28. The van der Waals surface area contributed by atoms with Gasteiger partial charge >= 0.3 is 0 Å². The number of hydrogen-bond donors (Lipinski definition) is 1. The Kier molecular flexibility index (Phi) is 6.07. The molecule has 0 spiro atoms. The van der Waals surface area contributed by atoms with E-state index in [-0.39, 0.29) is 5.91 Å². The minimum Gasteiger partial charge on any atom is -0.378 e. The summed E-state index contributed by atoms with van der Waals surface area (Å²) in [5.41, 5.74) is 4.95. The Morgan fingerprint density at radius 2 is 1.69 bits per heavy atom. The summed E-state index contributed by atoms with van der Waals surface area (Å²) in [6, 6.07) is 6.33. The molecule has 3 aromatic rings. The lowest BCUT2D eigenvalue weighted by atomic mass is 10.1. The van der Waals surface area contributed by atoms with Gasteiger partial charge in [0.05, 0.1) is 48.4 Å². The van der Waals surface area contributed by atoms with Gasteiger partial charge in [0.2, 0.25) is 0 Å². The summed E-state index contributed by atoms with van der Waals surface area (Å²) in [5, 5.41) is 4.24. The molecule has 4 heterocycles. The van der Waals surface area contributed by atoms with E-state index in [9.17, 15) is 4.79 Å². The van der Waals surface area contributed by atoms with E-state index in [1.807, 2.05) is 19.9 Å². The number of carbonyl (C=O) groups is 1. The highest BCUT2D eigenvalue weighted by Crippen LogP contribution is 2.41. The Morgan fingerprint density at radius 1 is 1.00 bits per heavy atom. The van der Waals surface area contributed by atoms with Crippen molar-refractivity contribution in [2.75, 3.05) is 67.7 Å². The molecule has 2 aliphatic heterocycles. The Hall–Kier alpha value is -2.75. The van der Waals surface area contributed by atoms with Gasteiger partial charge in [-0.3, -0.25) is 4.79 Å². The Bertz CT molecular complexity index is 1260. The van der Waals surface area contributed by atoms with Crippen LogP contribution in [0.2, 0.25) is 0 Å². The number of aromatic nitrogens is 2. The first-order valence-corrected chi connectivity index (χ1v) is 13.3. The topological polar surface area (TPSA) is 79.8 Å². The summed E-state index contributed by atoms with van der Waals surface area (Å²) in [5.74, 6) is 1.32. The Morgan fingerprint density at radius 3 is 2.37 bits per heavy atom. The number of aryl methyl sites for hydroxylation is 2. The molecule has 3 fully saturated rings. The van der Waals surface area contributed by atoms with Crippen LogP contribution in [0.3, 0.4) is 0 Å². The molecule has 1 aromatic carbocycles. The molecule has 3 aliphatic rings. The third-order valence-electron chi connectivity index (χ3n) is 7.09. The van der Waals surface area contributed by atoms with Crippen molar-refractivity contribution in [2.45, 2.75) is 32.6 Å². The van der Waals surface area contributed by atoms with E-state index in [0.717, 1.165) is 96.6 Å². The molecule has 6 rings (SSSR count). The lowest BCUT2D eigenvalue weighted by Gasteiger charge is -2.33. The van der Waals surface area contributed by atoms with Gasteiger partial charge in [-0.15, -0.1) is 11.3 Å². The van der Waals surface area contributed by atoms with E-state index >= 15 is 0 Å². The van der Waals surface area contributed by atoms with E-state index in [1.165, 1.54) is 11.3 Å². The van der Waals surface area contributed by atoms with Crippen LogP contribution in [0.15, 0.2) is 18.2 Å². The van der Waals surface area contributed by atoms with Gasteiger partial charge < -0.3 is 24.6 Å². The van der Waals surface area contributed by atoms with Gasteiger partial charge in [-0.05, 0) is 50.5 Å². The molecule has 8 nitrogen and oxygen atoms in total. The highest BCUT2D eigenvalue weighted by Gasteiger charge is 2.29. The molecule has 1 saturated carbocycles. The number of amides is 1. The molecule has 2 saturated heterocycles. The summed E-state index contributed by atoms with van der Waals surface area (Å²) in [6.45, 7) is 10.2. The van der Waals surface area contributed by atoms with Crippen LogP contribution in [-0.2, 0) is 9.47 Å². The maximum absolute atomic E-state index is 13.5. The second-order valence-corrected chi connectivity index (χ2v) is 10.5. The minimum atomic E-state index is -0.0912. The Labute approximate surface area is 209 Å². The van der Waals surface area contributed by atoms with Crippen LogP contribution < -0.4 is 15.1 Å².